The summed E-state index contributed by atoms with van der Waals surface area (Å²) >= 11 is 0. The van der Waals surface area contributed by atoms with Crippen molar-refractivity contribution in [1.82, 2.24) is 0 Å². The Balaban J connectivity index is 1.66. The van der Waals surface area contributed by atoms with Gasteiger partial charge < -0.3 is 0 Å². The van der Waals surface area contributed by atoms with E-state index in [4.69, 9.17) is 0 Å². The van der Waals surface area contributed by atoms with Gasteiger partial charge in [0, 0.05) is 0 Å². The van der Waals surface area contributed by atoms with Gasteiger partial charge in [0.25, 0.3) is 0 Å². The van der Waals surface area contributed by atoms with Crippen LogP contribution in [0, 0.1) is 5.92 Å². The van der Waals surface area contributed by atoms with E-state index in [1.165, 1.54) is 77.0 Å². The zero-order valence-electron chi connectivity index (χ0n) is 11.2. The molecule has 1 rings (SSSR count). The summed E-state index contributed by atoms with van der Waals surface area (Å²) in [4.78, 5) is 0. The largest absolute Gasteiger partial charge is 0.0877 e. The lowest BCUT2D eigenvalue weighted by molar-refractivity contribution is 0.493. The van der Waals surface area contributed by atoms with Gasteiger partial charge in [-0.1, -0.05) is 83.3 Å². The second kappa shape index (κ2) is 9.93. The molecule has 0 nitrogen and oxygen atoms in total. The maximum atomic E-state index is 2.38. The highest BCUT2D eigenvalue weighted by molar-refractivity contribution is 5.01. The third kappa shape index (κ3) is 7.09. The molecular formula is C16H30. The molecule has 0 heteroatoms. The third-order valence-corrected chi connectivity index (χ3v) is 3.78. The second-order valence-electron chi connectivity index (χ2n) is 5.39. The van der Waals surface area contributed by atoms with Crippen LogP contribution in [0.1, 0.15) is 84.0 Å². The molecule has 0 aromatic heterocycles. The quantitative estimate of drug-likeness (QED) is 0.303. The van der Waals surface area contributed by atoms with Crippen molar-refractivity contribution in [3.05, 3.63) is 12.2 Å². The van der Waals surface area contributed by atoms with E-state index in [1.54, 1.807) is 0 Å². The van der Waals surface area contributed by atoms with E-state index in [-0.39, 0.29) is 0 Å². The topological polar surface area (TPSA) is 0 Å². The van der Waals surface area contributed by atoms with Gasteiger partial charge in [0.1, 0.15) is 0 Å². The first kappa shape index (κ1) is 13.8. The van der Waals surface area contributed by atoms with Gasteiger partial charge in [0.05, 0.1) is 0 Å². The zero-order chi connectivity index (χ0) is 11.5. The summed E-state index contributed by atoms with van der Waals surface area (Å²) in [5.74, 6) is 0.953. The Morgan fingerprint density at radius 3 is 1.75 bits per heavy atom. The van der Waals surface area contributed by atoms with E-state index < -0.39 is 0 Å². The SMILES string of the molecule is CCCCCCCCCCCCC1C=CC1. The Morgan fingerprint density at radius 2 is 1.31 bits per heavy atom. The second-order valence-corrected chi connectivity index (χ2v) is 5.39. The van der Waals surface area contributed by atoms with Gasteiger partial charge in [-0.05, 0) is 18.8 Å². The van der Waals surface area contributed by atoms with Crippen molar-refractivity contribution in [2.45, 2.75) is 84.0 Å². The fraction of sp³-hybridized carbons (Fsp3) is 0.875. The minimum absolute atomic E-state index is 0.953. The van der Waals surface area contributed by atoms with Gasteiger partial charge in [0.15, 0.2) is 0 Å². The minimum Gasteiger partial charge on any atom is -0.0877 e. The third-order valence-electron chi connectivity index (χ3n) is 3.78. The standard InChI is InChI=1S/C16H30/c1-2-3-4-5-6-7-8-9-10-11-13-16-14-12-15-16/h12,14,16H,2-11,13,15H2,1H3. The summed E-state index contributed by atoms with van der Waals surface area (Å²) in [7, 11) is 0. The van der Waals surface area contributed by atoms with Crippen molar-refractivity contribution in [2.75, 3.05) is 0 Å². The molecule has 1 atom stereocenters. The zero-order valence-corrected chi connectivity index (χ0v) is 11.2. The molecule has 1 aliphatic rings. The Labute approximate surface area is 103 Å². The first-order valence-electron chi connectivity index (χ1n) is 7.60. The van der Waals surface area contributed by atoms with Gasteiger partial charge in [-0.2, -0.15) is 0 Å². The van der Waals surface area contributed by atoms with E-state index in [1.807, 2.05) is 0 Å². The molecule has 1 unspecified atom stereocenters. The van der Waals surface area contributed by atoms with Gasteiger partial charge in [-0.25, -0.2) is 0 Å². The van der Waals surface area contributed by atoms with Crippen molar-refractivity contribution in [2.24, 2.45) is 5.92 Å². The lowest BCUT2D eigenvalue weighted by atomic mass is 9.89. The Hall–Kier alpha value is -0.260. The molecule has 0 radical (unpaired) electrons. The van der Waals surface area contributed by atoms with E-state index in [0.29, 0.717) is 0 Å². The van der Waals surface area contributed by atoms with Crippen LogP contribution in [-0.4, -0.2) is 0 Å². The fourth-order valence-electron chi connectivity index (χ4n) is 2.44. The van der Waals surface area contributed by atoms with Crippen LogP contribution in [0.3, 0.4) is 0 Å². The monoisotopic (exact) mass is 222 g/mol. The van der Waals surface area contributed by atoms with Gasteiger partial charge in [-0.3, -0.25) is 0 Å². The molecule has 0 fully saturated rings. The van der Waals surface area contributed by atoms with E-state index >= 15 is 0 Å². The Kier molecular flexibility index (Phi) is 8.57. The Bertz CT molecular complexity index is 169. The number of allylic oxidation sites excluding steroid dienone is 2. The van der Waals surface area contributed by atoms with Gasteiger partial charge in [-0.15, -0.1) is 0 Å². The van der Waals surface area contributed by atoms with Gasteiger partial charge >= 0.3 is 0 Å². The first-order valence-corrected chi connectivity index (χ1v) is 7.60. The highest BCUT2D eigenvalue weighted by Gasteiger charge is 2.08. The lowest BCUT2D eigenvalue weighted by Gasteiger charge is -2.16. The van der Waals surface area contributed by atoms with Crippen LogP contribution in [0.5, 0.6) is 0 Å². The number of hydrogen-bond donors (Lipinski definition) is 0. The summed E-state index contributed by atoms with van der Waals surface area (Å²) in [6, 6.07) is 0. The molecular weight excluding hydrogens is 192 g/mol. The smallest absolute Gasteiger partial charge is 0.0199 e. The highest BCUT2D eigenvalue weighted by atomic mass is 14.1. The van der Waals surface area contributed by atoms with Crippen molar-refractivity contribution >= 4 is 0 Å². The van der Waals surface area contributed by atoms with Crippen LogP contribution in [0.25, 0.3) is 0 Å². The van der Waals surface area contributed by atoms with E-state index in [0.717, 1.165) is 5.92 Å². The molecule has 0 spiro atoms. The fourth-order valence-corrected chi connectivity index (χ4v) is 2.44. The lowest BCUT2D eigenvalue weighted by Crippen LogP contribution is -2.01. The molecule has 1 aliphatic carbocycles. The van der Waals surface area contributed by atoms with Crippen LogP contribution in [0.2, 0.25) is 0 Å². The minimum atomic E-state index is 0.953. The van der Waals surface area contributed by atoms with Crippen LogP contribution in [0.4, 0.5) is 0 Å². The number of unbranched alkanes of at least 4 members (excludes halogenated alkanes) is 9. The van der Waals surface area contributed by atoms with Gasteiger partial charge in [0.2, 0.25) is 0 Å². The average molecular weight is 222 g/mol. The van der Waals surface area contributed by atoms with Crippen LogP contribution in [0.15, 0.2) is 12.2 Å². The van der Waals surface area contributed by atoms with Crippen molar-refractivity contribution in [1.29, 1.82) is 0 Å². The van der Waals surface area contributed by atoms with Crippen LogP contribution in [-0.2, 0) is 0 Å². The summed E-state index contributed by atoms with van der Waals surface area (Å²) in [6.45, 7) is 2.29. The summed E-state index contributed by atoms with van der Waals surface area (Å²) in [5.41, 5.74) is 0. The summed E-state index contributed by atoms with van der Waals surface area (Å²) < 4.78 is 0. The van der Waals surface area contributed by atoms with Crippen molar-refractivity contribution in [3.63, 3.8) is 0 Å². The molecule has 0 amide bonds. The Morgan fingerprint density at radius 1 is 0.812 bits per heavy atom. The van der Waals surface area contributed by atoms with E-state index in [2.05, 4.69) is 19.1 Å². The predicted molar refractivity (Wildman–Crippen MR) is 73.7 cm³/mol. The molecule has 0 N–H and O–H groups in total. The molecule has 16 heavy (non-hydrogen) atoms. The molecule has 0 saturated carbocycles. The predicted octanol–water partition coefficient (Wildman–Crippen LogP) is 5.87. The van der Waals surface area contributed by atoms with Crippen LogP contribution < -0.4 is 0 Å². The molecule has 0 aromatic carbocycles. The number of rotatable bonds is 11. The molecule has 0 bridgehead atoms. The average Bonchev–Trinajstić information content (AvgIpc) is 2.23. The molecule has 94 valence electrons. The van der Waals surface area contributed by atoms with Crippen molar-refractivity contribution in [3.8, 4) is 0 Å². The maximum absolute atomic E-state index is 2.38. The normalized spacial score (nSPS) is 18.7. The van der Waals surface area contributed by atoms with E-state index in [9.17, 15) is 0 Å². The summed E-state index contributed by atoms with van der Waals surface area (Å²) in [5, 5.41) is 0. The highest BCUT2D eigenvalue weighted by Crippen LogP contribution is 2.23. The first-order chi connectivity index (χ1) is 7.93. The summed E-state index contributed by atoms with van der Waals surface area (Å²) in [6.07, 6.45) is 22.1. The van der Waals surface area contributed by atoms with Crippen molar-refractivity contribution < 1.29 is 0 Å². The molecule has 0 heterocycles. The maximum Gasteiger partial charge on any atom is -0.0199 e. The van der Waals surface area contributed by atoms with Crippen LogP contribution >= 0.6 is 0 Å². The molecule has 0 aliphatic heterocycles. The number of hydrogen-bond acceptors (Lipinski definition) is 0. The molecule has 0 aromatic rings. The molecule has 0 saturated heterocycles.